The van der Waals surface area contributed by atoms with Crippen molar-refractivity contribution in [1.82, 2.24) is 0 Å². The van der Waals surface area contributed by atoms with Crippen LogP contribution in [0.1, 0.15) is 19.8 Å². The van der Waals surface area contributed by atoms with Gasteiger partial charge in [-0.1, -0.05) is 6.92 Å². The Morgan fingerprint density at radius 2 is 2.17 bits per heavy atom. The fraction of sp³-hybridized carbons (Fsp3) is 0.467. The standard InChI is InChI=1S/C15H19FN2O5S/c1-3-14(19)17-12-5-4-11(23-2)7-13(12)18-8-10(6-15(18)20)9-24(16,21)22/h4-5,7,10H,3,6,8-9H2,1-2H3,(H,17,19). The van der Waals surface area contributed by atoms with Crippen molar-refractivity contribution in [3.8, 4) is 5.75 Å². The van der Waals surface area contributed by atoms with Crippen LogP contribution < -0.4 is 15.0 Å². The first-order valence-electron chi connectivity index (χ1n) is 7.44. The van der Waals surface area contributed by atoms with Crippen LogP contribution in [0.4, 0.5) is 15.3 Å². The number of nitrogens with one attached hydrogen (secondary N) is 1. The van der Waals surface area contributed by atoms with E-state index in [1.165, 1.54) is 12.0 Å². The zero-order valence-corrected chi connectivity index (χ0v) is 14.2. The van der Waals surface area contributed by atoms with Crippen LogP contribution in [0.3, 0.4) is 0 Å². The molecule has 1 heterocycles. The van der Waals surface area contributed by atoms with Gasteiger partial charge in [0.1, 0.15) is 5.75 Å². The largest absolute Gasteiger partial charge is 0.497 e. The molecule has 1 unspecified atom stereocenters. The summed E-state index contributed by atoms with van der Waals surface area (Å²) in [6, 6.07) is 4.82. The van der Waals surface area contributed by atoms with Gasteiger partial charge in [-0.2, -0.15) is 8.42 Å². The van der Waals surface area contributed by atoms with Crippen LogP contribution in [0.15, 0.2) is 18.2 Å². The van der Waals surface area contributed by atoms with E-state index < -0.39 is 21.9 Å². The normalized spacial score (nSPS) is 17.9. The Morgan fingerprint density at radius 1 is 1.46 bits per heavy atom. The Hall–Kier alpha value is -2.16. The van der Waals surface area contributed by atoms with Crippen molar-refractivity contribution in [3.63, 3.8) is 0 Å². The van der Waals surface area contributed by atoms with Gasteiger partial charge < -0.3 is 15.0 Å². The number of carbonyl (C=O) groups is 2. The molecule has 9 heteroatoms. The maximum Gasteiger partial charge on any atom is 0.302 e. The number of halogens is 1. The zero-order valence-electron chi connectivity index (χ0n) is 13.4. The number of ether oxygens (including phenoxy) is 1. The van der Waals surface area contributed by atoms with Crippen LogP contribution in [0, 0.1) is 5.92 Å². The predicted molar refractivity (Wildman–Crippen MR) is 87.3 cm³/mol. The molecular formula is C15H19FN2O5S. The Kier molecular flexibility index (Phi) is 5.43. The van der Waals surface area contributed by atoms with E-state index in [-0.39, 0.29) is 31.2 Å². The predicted octanol–water partition coefficient (Wildman–Crippen LogP) is 1.70. The number of benzene rings is 1. The maximum atomic E-state index is 12.9. The van der Waals surface area contributed by atoms with Crippen LogP contribution >= 0.6 is 0 Å². The van der Waals surface area contributed by atoms with Gasteiger partial charge in [0, 0.05) is 31.4 Å². The molecule has 132 valence electrons. The first-order valence-corrected chi connectivity index (χ1v) is 8.99. The Balaban J connectivity index is 2.32. The number of anilines is 2. The minimum Gasteiger partial charge on any atom is -0.497 e. The molecule has 1 atom stereocenters. The molecule has 0 radical (unpaired) electrons. The zero-order chi connectivity index (χ0) is 17.9. The van der Waals surface area contributed by atoms with Crippen molar-refractivity contribution in [2.75, 3.05) is 29.6 Å². The van der Waals surface area contributed by atoms with Gasteiger partial charge in [-0.05, 0) is 12.1 Å². The summed E-state index contributed by atoms with van der Waals surface area (Å²) < 4.78 is 39.6. The van der Waals surface area contributed by atoms with Crippen molar-refractivity contribution < 1.29 is 26.6 Å². The highest BCUT2D eigenvalue weighted by molar-refractivity contribution is 7.86. The third kappa shape index (κ3) is 4.44. The van der Waals surface area contributed by atoms with E-state index in [0.717, 1.165) is 0 Å². The van der Waals surface area contributed by atoms with E-state index >= 15 is 0 Å². The maximum absolute atomic E-state index is 12.9. The van der Waals surface area contributed by atoms with Crippen LogP contribution in [0.25, 0.3) is 0 Å². The molecule has 1 fully saturated rings. The summed E-state index contributed by atoms with van der Waals surface area (Å²) >= 11 is 0. The molecular weight excluding hydrogens is 339 g/mol. The third-order valence-corrected chi connectivity index (χ3v) is 4.60. The molecule has 1 aliphatic heterocycles. The molecule has 1 N–H and O–H groups in total. The molecule has 24 heavy (non-hydrogen) atoms. The van der Waals surface area contributed by atoms with Crippen LogP contribution in [0.2, 0.25) is 0 Å². The molecule has 0 bridgehead atoms. The van der Waals surface area contributed by atoms with Crippen LogP contribution in [-0.4, -0.2) is 39.6 Å². The van der Waals surface area contributed by atoms with Crippen molar-refractivity contribution >= 4 is 33.4 Å². The molecule has 1 aliphatic rings. The molecule has 0 aliphatic carbocycles. The van der Waals surface area contributed by atoms with Crippen molar-refractivity contribution in [2.45, 2.75) is 19.8 Å². The van der Waals surface area contributed by atoms with Crippen molar-refractivity contribution in [3.05, 3.63) is 18.2 Å². The number of amides is 2. The lowest BCUT2D eigenvalue weighted by atomic mass is 10.1. The van der Waals surface area contributed by atoms with Crippen LogP contribution in [-0.2, 0) is 19.8 Å². The van der Waals surface area contributed by atoms with Gasteiger partial charge in [0.2, 0.25) is 11.8 Å². The van der Waals surface area contributed by atoms with Crippen molar-refractivity contribution in [1.29, 1.82) is 0 Å². The average Bonchev–Trinajstić information content (AvgIpc) is 2.85. The summed E-state index contributed by atoms with van der Waals surface area (Å²) in [6.45, 7) is 1.76. The van der Waals surface area contributed by atoms with E-state index in [2.05, 4.69) is 5.32 Å². The lowest BCUT2D eigenvalue weighted by Crippen LogP contribution is -2.27. The Bertz CT molecular complexity index is 750. The van der Waals surface area contributed by atoms with Gasteiger partial charge in [-0.15, -0.1) is 3.89 Å². The van der Waals surface area contributed by atoms with Crippen molar-refractivity contribution in [2.24, 2.45) is 5.92 Å². The molecule has 7 nitrogen and oxygen atoms in total. The molecule has 1 aromatic carbocycles. The Morgan fingerprint density at radius 3 is 2.75 bits per heavy atom. The average molecular weight is 358 g/mol. The molecule has 2 rings (SSSR count). The van der Waals surface area contributed by atoms with Gasteiger partial charge in [-0.3, -0.25) is 9.59 Å². The SMILES string of the molecule is CCC(=O)Nc1ccc(OC)cc1N1CC(CS(=O)(=O)F)CC1=O. The number of hydrogen-bond donors (Lipinski definition) is 1. The topological polar surface area (TPSA) is 92.8 Å². The molecule has 2 amide bonds. The molecule has 1 aromatic rings. The summed E-state index contributed by atoms with van der Waals surface area (Å²) in [5.41, 5.74) is 0.819. The summed E-state index contributed by atoms with van der Waals surface area (Å²) in [5, 5.41) is 2.69. The summed E-state index contributed by atoms with van der Waals surface area (Å²) in [7, 11) is -3.19. The number of methoxy groups -OCH3 is 1. The van der Waals surface area contributed by atoms with E-state index in [1.54, 1.807) is 25.1 Å². The molecule has 0 aromatic heterocycles. The van der Waals surface area contributed by atoms with E-state index in [4.69, 9.17) is 4.74 Å². The Labute approximate surface area is 140 Å². The fourth-order valence-corrected chi connectivity index (χ4v) is 3.40. The first kappa shape index (κ1) is 18.2. The summed E-state index contributed by atoms with van der Waals surface area (Å²) in [6.07, 6.45) is 0.198. The smallest absolute Gasteiger partial charge is 0.302 e. The highest BCUT2D eigenvalue weighted by Crippen LogP contribution is 2.35. The van der Waals surface area contributed by atoms with Gasteiger partial charge in [-0.25, -0.2) is 0 Å². The summed E-state index contributed by atoms with van der Waals surface area (Å²) in [4.78, 5) is 25.2. The minimum absolute atomic E-state index is 0.0597. The summed E-state index contributed by atoms with van der Waals surface area (Å²) in [5.74, 6) is -1.40. The monoisotopic (exact) mass is 358 g/mol. The first-order chi connectivity index (χ1) is 11.2. The number of rotatable bonds is 6. The quantitative estimate of drug-likeness (QED) is 0.781. The second-order valence-electron chi connectivity index (χ2n) is 5.56. The third-order valence-electron chi connectivity index (χ3n) is 3.73. The number of hydrogen-bond acceptors (Lipinski definition) is 5. The van der Waals surface area contributed by atoms with Gasteiger partial charge in [0.15, 0.2) is 0 Å². The minimum atomic E-state index is -4.66. The second kappa shape index (κ2) is 7.16. The fourth-order valence-electron chi connectivity index (χ4n) is 2.61. The molecule has 0 spiro atoms. The lowest BCUT2D eigenvalue weighted by molar-refractivity contribution is -0.117. The van der Waals surface area contributed by atoms with Gasteiger partial charge >= 0.3 is 10.2 Å². The van der Waals surface area contributed by atoms with Crippen LogP contribution in [0.5, 0.6) is 5.75 Å². The van der Waals surface area contributed by atoms with Gasteiger partial charge in [0.05, 0.1) is 24.2 Å². The lowest BCUT2D eigenvalue weighted by Gasteiger charge is -2.21. The second-order valence-corrected chi connectivity index (χ2v) is 6.98. The van der Waals surface area contributed by atoms with E-state index in [9.17, 15) is 21.9 Å². The number of carbonyl (C=O) groups excluding carboxylic acids is 2. The highest BCUT2D eigenvalue weighted by Gasteiger charge is 2.35. The van der Waals surface area contributed by atoms with E-state index in [0.29, 0.717) is 17.1 Å². The molecule has 0 saturated carbocycles. The van der Waals surface area contributed by atoms with E-state index in [1.807, 2.05) is 0 Å². The van der Waals surface area contributed by atoms with Gasteiger partial charge in [0.25, 0.3) is 0 Å². The highest BCUT2D eigenvalue weighted by atomic mass is 32.3. The molecule has 1 saturated heterocycles. The number of nitrogens with zero attached hydrogens (tertiary/aromatic N) is 1.